The summed E-state index contributed by atoms with van der Waals surface area (Å²) in [5, 5.41) is -0.197. The van der Waals surface area contributed by atoms with Gasteiger partial charge in [0.2, 0.25) is 5.22 Å². The smallest absolute Gasteiger partial charge is 0.343 e. The number of carbonyl (C=O) groups excluding carboxylic acids is 2. The minimum atomic E-state index is -0.746. The third-order valence-corrected chi connectivity index (χ3v) is 1.82. The molecule has 0 radical (unpaired) electrons. The number of furan rings is 1. The Morgan fingerprint density at radius 3 is 2.36 bits per heavy atom. The first-order valence-corrected chi connectivity index (χ1v) is 3.93. The van der Waals surface area contributed by atoms with Crippen molar-refractivity contribution in [3.63, 3.8) is 0 Å². The van der Waals surface area contributed by atoms with Gasteiger partial charge in [0.15, 0.2) is 0 Å². The quantitative estimate of drug-likeness (QED) is 0.704. The van der Waals surface area contributed by atoms with E-state index in [1.54, 1.807) is 0 Å². The number of hydrogen-bond donors (Lipinski definition) is 0. The minimum Gasteiger partial charge on any atom is -0.465 e. The number of esters is 2. The molecule has 1 rings (SSSR count). The molecule has 0 atom stereocenters. The van der Waals surface area contributed by atoms with E-state index >= 15 is 0 Å². The van der Waals surface area contributed by atoms with Crippen LogP contribution in [-0.4, -0.2) is 26.2 Å². The summed E-state index contributed by atoms with van der Waals surface area (Å²) in [6, 6.07) is 0. The van der Waals surface area contributed by atoms with Gasteiger partial charge in [0.05, 0.1) is 14.2 Å². The molecule has 6 heteroatoms. The van der Waals surface area contributed by atoms with Crippen molar-refractivity contribution in [3.05, 3.63) is 22.6 Å². The van der Waals surface area contributed by atoms with E-state index in [0.717, 1.165) is 6.26 Å². The standard InChI is InChI=1S/C8H7ClO5/c1-12-7(10)4-3-14-6(9)5(4)8(11)13-2/h3H,1-2H3. The number of rotatable bonds is 2. The highest BCUT2D eigenvalue weighted by molar-refractivity contribution is 6.32. The van der Waals surface area contributed by atoms with Crippen LogP contribution in [0.2, 0.25) is 5.22 Å². The molecule has 0 aliphatic heterocycles. The maximum Gasteiger partial charge on any atom is 0.343 e. The van der Waals surface area contributed by atoms with Crippen molar-refractivity contribution in [2.75, 3.05) is 14.2 Å². The van der Waals surface area contributed by atoms with E-state index in [9.17, 15) is 9.59 Å². The number of ether oxygens (including phenoxy) is 2. The van der Waals surface area contributed by atoms with Crippen LogP contribution in [0.25, 0.3) is 0 Å². The van der Waals surface area contributed by atoms with E-state index in [1.165, 1.54) is 14.2 Å². The van der Waals surface area contributed by atoms with Gasteiger partial charge in [-0.2, -0.15) is 0 Å². The first-order valence-electron chi connectivity index (χ1n) is 3.55. The minimum absolute atomic E-state index is 0.0515. The van der Waals surface area contributed by atoms with Crippen molar-refractivity contribution in [1.29, 1.82) is 0 Å². The Morgan fingerprint density at radius 2 is 1.86 bits per heavy atom. The maximum absolute atomic E-state index is 11.2. The van der Waals surface area contributed by atoms with Gasteiger partial charge in [-0.3, -0.25) is 0 Å². The Kier molecular flexibility index (Phi) is 3.14. The molecule has 0 bridgehead atoms. The van der Waals surface area contributed by atoms with Crippen LogP contribution in [0.15, 0.2) is 10.7 Å². The molecule has 0 saturated heterocycles. The summed E-state index contributed by atoms with van der Waals surface area (Å²) in [6.07, 6.45) is 1.04. The fourth-order valence-electron chi connectivity index (χ4n) is 0.887. The zero-order valence-corrected chi connectivity index (χ0v) is 8.25. The number of halogens is 1. The van der Waals surface area contributed by atoms with Crippen LogP contribution in [0.3, 0.4) is 0 Å². The predicted octanol–water partition coefficient (Wildman–Crippen LogP) is 1.51. The molecule has 0 spiro atoms. The fraction of sp³-hybridized carbons (Fsp3) is 0.250. The van der Waals surface area contributed by atoms with Gasteiger partial charge >= 0.3 is 11.9 Å². The second-order valence-corrected chi connectivity index (χ2v) is 2.62. The second-order valence-electron chi connectivity index (χ2n) is 2.28. The van der Waals surface area contributed by atoms with Crippen LogP contribution in [0.4, 0.5) is 0 Å². The van der Waals surface area contributed by atoms with Crippen molar-refractivity contribution in [3.8, 4) is 0 Å². The zero-order valence-electron chi connectivity index (χ0n) is 7.50. The first kappa shape index (κ1) is 10.6. The lowest BCUT2D eigenvalue weighted by Gasteiger charge is -1.99. The normalized spacial score (nSPS) is 9.64. The molecule has 0 fully saturated rings. The van der Waals surface area contributed by atoms with E-state index in [2.05, 4.69) is 9.47 Å². The van der Waals surface area contributed by atoms with Gasteiger partial charge in [0.25, 0.3) is 0 Å². The predicted molar refractivity (Wildman–Crippen MR) is 46.4 cm³/mol. The van der Waals surface area contributed by atoms with E-state index in [-0.39, 0.29) is 16.3 Å². The summed E-state index contributed by atoms with van der Waals surface area (Å²) >= 11 is 5.54. The largest absolute Gasteiger partial charge is 0.465 e. The third-order valence-electron chi connectivity index (χ3n) is 1.54. The summed E-state index contributed by atoms with van der Waals surface area (Å²) in [5.41, 5.74) is -0.176. The van der Waals surface area contributed by atoms with Gasteiger partial charge in [-0.05, 0) is 11.6 Å². The molecule has 1 heterocycles. The summed E-state index contributed by atoms with van der Waals surface area (Å²) in [4.78, 5) is 22.3. The van der Waals surface area contributed by atoms with E-state index in [4.69, 9.17) is 16.0 Å². The van der Waals surface area contributed by atoms with Crippen LogP contribution < -0.4 is 0 Å². The van der Waals surface area contributed by atoms with E-state index in [1.807, 2.05) is 0 Å². The van der Waals surface area contributed by atoms with Crippen LogP contribution in [-0.2, 0) is 9.47 Å². The Labute approximate surface area is 84.5 Å². The van der Waals surface area contributed by atoms with Crippen molar-refractivity contribution in [1.82, 2.24) is 0 Å². The summed E-state index contributed by atoms with van der Waals surface area (Å²) in [7, 11) is 2.36. The van der Waals surface area contributed by atoms with Crippen LogP contribution in [0.5, 0.6) is 0 Å². The Bertz CT molecular complexity index is 368. The summed E-state index contributed by atoms with van der Waals surface area (Å²) in [5.74, 6) is -1.45. The molecule has 0 aliphatic rings. The SMILES string of the molecule is COC(=O)c1coc(Cl)c1C(=O)OC. The lowest BCUT2D eigenvalue weighted by Crippen LogP contribution is -2.09. The van der Waals surface area contributed by atoms with Gasteiger partial charge in [0, 0.05) is 0 Å². The van der Waals surface area contributed by atoms with Crippen molar-refractivity contribution < 1.29 is 23.5 Å². The molecule has 5 nitrogen and oxygen atoms in total. The van der Waals surface area contributed by atoms with E-state index in [0.29, 0.717) is 0 Å². The van der Waals surface area contributed by atoms with Crippen molar-refractivity contribution in [2.45, 2.75) is 0 Å². The van der Waals surface area contributed by atoms with Gasteiger partial charge < -0.3 is 13.9 Å². The molecule has 0 unspecified atom stereocenters. The summed E-state index contributed by atoms with van der Waals surface area (Å²) in [6.45, 7) is 0. The van der Waals surface area contributed by atoms with Crippen LogP contribution >= 0.6 is 11.6 Å². The van der Waals surface area contributed by atoms with E-state index < -0.39 is 11.9 Å². The van der Waals surface area contributed by atoms with Gasteiger partial charge in [0.1, 0.15) is 17.4 Å². The molecular weight excluding hydrogens is 212 g/mol. The van der Waals surface area contributed by atoms with Crippen molar-refractivity contribution in [2.24, 2.45) is 0 Å². The Hall–Kier alpha value is -1.49. The Morgan fingerprint density at radius 1 is 1.29 bits per heavy atom. The van der Waals surface area contributed by atoms with Gasteiger partial charge in [-0.25, -0.2) is 9.59 Å². The van der Waals surface area contributed by atoms with Crippen LogP contribution in [0.1, 0.15) is 20.7 Å². The number of hydrogen-bond acceptors (Lipinski definition) is 5. The van der Waals surface area contributed by atoms with Gasteiger partial charge in [-0.1, -0.05) is 0 Å². The molecule has 0 N–H and O–H groups in total. The molecule has 0 aliphatic carbocycles. The highest BCUT2D eigenvalue weighted by Gasteiger charge is 2.25. The average molecular weight is 219 g/mol. The highest BCUT2D eigenvalue weighted by atomic mass is 35.5. The molecule has 1 aromatic rings. The number of methoxy groups -OCH3 is 2. The molecule has 0 aromatic carbocycles. The molecule has 76 valence electrons. The van der Waals surface area contributed by atoms with Gasteiger partial charge in [-0.15, -0.1) is 0 Å². The van der Waals surface area contributed by atoms with Crippen LogP contribution in [0, 0.1) is 0 Å². The molecule has 0 saturated carbocycles. The number of carbonyl (C=O) groups is 2. The highest BCUT2D eigenvalue weighted by Crippen LogP contribution is 2.23. The fourth-order valence-corrected chi connectivity index (χ4v) is 1.11. The topological polar surface area (TPSA) is 65.7 Å². The third kappa shape index (κ3) is 1.72. The zero-order chi connectivity index (χ0) is 10.7. The first-order chi connectivity index (χ1) is 6.61. The lowest BCUT2D eigenvalue weighted by atomic mass is 10.2. The molecular formula is C8H7ClO5. The second kappa shape index (κ2) is 4.15. The summed E-state index contributed by atoms with van der Waals surface area (Å²) < 4.78 is 13.5. The molecule has 1 aromatic heterocycles. The Balaban J connectivity index is 3.19. The molecule has 14 heavy (non-hydrogen) atoms. The average Bonchev–Trinajstić information content (AvgIpc) is 2.58. The lowest BCUT2D eigenvalue weighted by molar-refractivity contribution is 0.0556. The molecule has 0 amide bonds. The maximum atomic E-state index is 11.2. The monoisotopic (exact) mass is 218 g/mol. The van der Waals surface area contributed by atoms with Crippen molar-refractivity contribution >= 4 is 23.5 Å².